The first-order valence-corrected chi connectivity index (χ1v) is 7.97. The summed E-state index contributed by atoms with van der Waals surface area (Å²) in [5.74, 6) is -2.17. The van der Waals surface area contributed by atoms with Crippen molar-refractivity contribution < 1.29 is 18.4 Å². The van der Waals surface area contributed by atoms with Crippen LogP contribution in [0.2, 0.25) is 0 Å². The molecule has 1 aromatic carbocycles. The van der Waals surface area contributed by atoms with Crippen molar-refractivity contribution >= 4 is 17.5 Å². The van der Waals surface area contributed by atoms with E-state index in [-0.39, 0.29) is 42.2 Å². The summed E-state index contributed by atoms with van der Waals surface area (Å²) < 4.78 is 26.9. The quantitative estimate of drug-likeness (QED) is 0.845. The molecule has 0 bridgehead atoms. The van der Waals surface area contributed by atoms with Gasteiger partial charge in [-0.2, -0.15) is 0 Å². The summed E-state index contributed by atoms with van der Waals surface area (Å²) in [6.45, 7) is 0.185. The highest BCUT2D eigenvalue weighted by Crippen LogP contribution is 2.48. The third kappa shape index (κ3) is 4.37. The number of hydrogen-bond donors (Lipinski definition) is 2. The van der Waals surface area contributed by atoms with Crippen LogP contribution in [0.25, 0.3) is 0 Å². The number of aromatic nitrogens is 1. The zero-order valence-electron chi connectivity index (χ0n) is 13.3. The number of rotatable bonds is 6. The molecule has 1 aromatic heterocycles. The maximum Gasteiger partial charge on any atom is 0.226 e. The Kier molecular flexibility index (Phi) is 5.02. The zero-order chi connectivity index (χ0) is 17.8. The molecule has 1 saturated carbocycles. The molecule has 2 atom stereocenters. The first-order chi connectivity index (χ1) is 12.0. The SMILES string of the molecule is O=C(CCNC(=O)[C@@H]1C[C@@H]1c1cc(F)ccc1F)Nc1ccncc1. The third-order valence-corrected chi connectivity index (χ3v) is 4.10. The van der Waals surface area contributed by atoms with Crippen molar-refractivity contribution in [3.63, 3.8) is 0 Å². The van der Waals surface area contributed by atoms with Crippen LogP contribution in [0.3, 0.4) is 0 Å². The number of amides is 2. The van der Waals surface area contributed by atoms with Gasteiger partial charge in [-0.1, -0.05) is 0 Å². The molecule has 7 heteroatoms. The normalized spacial score (nSPS) is 18.5. The molecule has 0 spiro atoms. The fourth-order valence-corrected chi connectivity index (χ4v) is 2.72. The number of hydrogen-bond acceptors (Lipinski definition) is 3. The van der Waals surface area contributed by atoms with Crippen LogP contribution in [0, 0.1) is 17.6 Å². The minimum absolute atomic E-state index is 0.125. The monoisotopic (exact) mass is 345 g/mol. The van der Waals surface area contributed by atoms with Crippen LogP contribution in [-0.2, 0) is 9.59 Å². The van der Waals surface area contributed by atoms with Gasteiger partial charge >= 0.3 is 0 Å². The lowest BCUT2D eigenvalue weighted by Crippen LogP contribution is -2.29. The molecule has 1 heterocycles. The van der Waals surface area contributed by atoms with Gasteiger partial charge in [0.15, 0.2) is 0 Å². The number of pyridine rings is 1. The summed E-state index contributed by atoms with van der Waals surface area (Å²) in [6.07, 6.45) is 3.74. The summed E-state index contributed by atoms with van der Waals surface area (Å²) in [7, 11) is 0. The molecule has 3 rings (SSSR count). The first kappa shape index (κ1) is 17.0. The highest BCUT2D eigenvalue weighted by Gasteiger charge is 2.45. The Bertz CT molecular complexity index is 783. The number of carbonyl (C=O) groups is 2. The Morgan fingerprint density at radius 2 is 1.92 bits per heavy atom. The average molecular weight is 345 g/mol. The Balaban J connectivity index is 1.43. The lowest BCUT2D eigenvalue weighted by atomic mass is 10.1. The van der Waals surface area contributed by atoms with E-state index in [9.17, 15) is 18.4 Å². The number of carbonyl (C=O) groups excluding carboxylic acids is 2. The highest BCUT2D eigenvalue weighted by atomic mass is 19.1. The van der Waals surface area contributed by atoms with Gasteiger partial charge in [-0.3, -0.25) is 14.6 Å². The fourth-order valence-electron chi connectivity index (χ4n) is 2.72. The number of nitrogens with zero attached hydrogens (tertiary/aromatic N) is 1. The van der Waals surface area contributed by atoms with Crippen molar-refractivity contribution in [2.75, 3.05) is 11.9 Å². The number of nitrogens with one attached hydrogen (secondary N) is 2. The maximum atomic E-state index is 13.7. The molecule has 0 unspecified atom stereocenters. The first-order valence-electron chi connectivity index (χ1n) is 7.97. The molecular formula is C18H17F2N3O2. The molecule has 0 saturated heterocycles. The van der Waals surface area contributed by atoms with Crippen molar-refractivity contribution in [1.29, 1.82) is 0 Å². The van der Waals surface area contributed by atoms with Crippen molar-refractivity contribution in [2.45, 2.75) is 18.8 Å². The summed E-state index contributed by atoms with van der Waals surface area (Å²) in [5, 5.41) is 5.35. The van der Waals surface area contributed by atoms with Crippen LogP contribution in [0.5, 0.6) is 0 Å². The van der Waals surface area contributed by atoms with Gasteiger partial charge in [0.1, 0.15) is 11.6 Å². The van der Waals surface area contributed by atoms with Crippen molar-refractivity contribution in [3.8, 4) is 0 Å². The van der Waals surface area contributed by atoms with Crippen LogP contribution in [-0.4, -0.2) is 23.3 Å². The highest BCUT2D eigenvalue weighted by molar-refractivity contribution is 5.91. The Labute approximate surface area is 143 Å². The van der Waals surface area contributed by atoms with Gasteiger partial charge in [-0.05, 0) is 48.2 Å². The summed E-state index contributed by atoms with van der Waals surface area (Å²) >= 11 is 0. The van der Waals surface area contributed by atoms with Gasteiger partial charge in [0.2, 0.25) is 11.8 Å². The van der Waals surface area contributed by atoms with E-state index in [1.807, 2.05) is 0 Å². The molecular weight excluding hydrogens is 328 g/mol. The predicted molar refractivity (Wildman–Crippen MR) is 87.7 cm³/mol. The van der Waals surface area contributed by atoms with E-state index in [1.165, 1.54) is 0 Å². The molecule has 0 aliphatic heterocycles. The van der Waals surface area contributed by atoms with E-state index in [4.69, 9.17) is 0 Å². The largest absolute Gasteiger partial charge is 0.355 e. The van der Waals surface area contributed by atoms with E-state index in [1.54, 1.807) is 24.5 Å². The molecule has 1 fully saturated rings. The second-order valence-electron chi connectivity index (χ2n) is 5.94. The maximum absolute atomic E-state index is 13.7. The lowest BCUT2D eigenvalue weighted by molar-refractivity contribution is -0.122. The number of benzene rings is 1. The van der Waals surface area contributed by atoms with Crippen molar-refractivity contribution in [1.82, 2.24) is 10.3 Å². The van der Waals surface area contributed by atoms with Crippen molar-refractivity contribution in [3.05, 3.63) is 59.9 Å². The molecule has 2 amide bonds. The minimum Gasteiger partial charge on any atom is -0.355 e. The van der Waals surface area contributed by atoms with Crippen LogP contribution >= 0.6 is 0 Å². The van der Waals surface area contributed by atoms with Crippen LogP contribution < -0.4 is 10.6 Å². The van der Waals surface area contributed by atoms with Gasteiger partial charge in [0.05, 0.1) is 0 Å². The molecule has 0 radical (unpaired) electrons. The van der Waals surface area contributed by atoms with Crippen LogP contribution in [0.1, 0.15) is 24.3 Å². The molecule has 2 N–H and O–H groups in total. The fraction of sp³-hybridized carbons (Fsp3) is 0.278. The molecule has 2 aromatic rings. The van der Waals surface area contributed by atoms with E-state index >= 15 is 0 Å². The van der Waals surface area contributed by atoms with Gasteiger partial charge < -0.3 is 10.6 Å². The van der Waals surface area contributed by atoms with Gasteiger partial charge in [-0.25, -0.2) is 8.78 Å². The van der Waals surface area contributed by atoms with Gasteiger partial charge in [-0.15, -0.1) is 0 Å². The smallest absolute Gasteiger partial charge is 0.226 e. The minimum atomic E-state index is -0.518. The summed E-state index contributed by atoms with van der Waals surface area (Å²) in [5.41, 5.74) is 0.866. The van der Waals surface area contributed by atoms with E-state index in [2.05, 4.69) is 15.6 Å². The molecule has 1 aliphatic carbocycles. The predicted octanol–water partition coefficient (Wildman–Crippen LogP) is 2.61. The lowest BCUT2D eigenvalue weighted by Gasteiger charge is -2.07. The average Bonchev–Trinajstić information content (AvgIpc) is 3.38. The molecule has 5 nitrogen and oxygen atoms in total. The number of halogens is 2. The van der Waals surface area contributed by atoms with Gasteiger partial charge in [0.25, 0.3) is 0 Å². The van der Waals surface area contributed by atoms with Crippen LogP contribution in [0.15, 0.2) is 42.7 Å². The third-order valence-electron chi connectivity index (χ3n) is 4.10. The van der Waals surface area contributed by atoms with Crippen molar-refractivity contribution in [2.24, 2.45) is 5.92 Å². The second kappa shape index (κ2) is 7.38. The second-order valence-corrected chi connectivity index (χ2v) is 5.94. The molecule has 25 heavy (non-hydrogen) atoms. The zero-order valence-corrected chi connectivity index (χ0v) is 13.3. The van der Waals surface area contributed by atoms with E-state index < -0.39 is 11.6 Å². The number of anilines is 1. The Morgan fingerprint density at radius 1 is 1.16 bits per heavy atom. The summed E-state index contributed by atoms with van der Waals surface area (Å²) in [6, 6.07) is 6.59. The Hall–Kier alpha value is -2.83. The Morgan fingerprint density at radius 3 is 2.68 bits per heavy atom. The topological polar surface area (TPSA) is 71.1 Å². The van der Waals surface area contributed by atoms with E-state index in [0.717, 1.165) is 18.2 Å². The van der Waals surface area contributed by atoms with Gasteiger partial charge in [0, 0.05) is 37.0 Å². The summed E-state index contributed by atoms with van der Waals surface area (Å²) in [4.78, 5) is 27.7. The van der Waals surface area contributed by atoms with E-state index in [0.29, 0.717) is 12.1 Å². The standard InChI is InChI=1S/C18H17F2N3O2/c19-11-1-2-16(20)14(9-11)13-10-15(13)18(25)22-8-5-17(24)23-12-3-6-21-7-4-12/h1-4,6-7,9,13,15H,5,8,10H2,(H,22,25)(H,21,23,24)/t13-,15-/m1/s1. The molecule has 1 aliphatic rings. The molecule has 130 valence electrons. The van der Waals surface area contributed by atoms with Crippen LogP contribution in [0.4, 0.5) is 14.5 Å².